The molecular weight excluding hydrogens is 352 g/mol. The van der Waals surface area contributed by atoms with Crippen molar-refractivity contribution in [3.05, 3.63) is 29.8 Å². The number of methoxy groups -OCH3 is 2. The Morgan fingerprint density at radius 1 is 1.26 bits per heavy atom. The fourth-order valence-corrected chi connectivity index (χ4v) is 2.91. The summed E-state index contributed by atoms with van der Waals surface area (Å²) in [7, 11) is 3.03. The van der Waals surface area contributed by atoms with Crippen LogP contribution in [0.5, 0.6) is 11.5 Å². The summed E-state index contributed by atoms with van der Waals surface area (Å²) >= 11 is 0. The Bertz CT molecular complexity index is 731. The van der Waals surface area contributed by atoms with Gasteiger partial charge in [-0.2, -0.15) is 0 Å². The molecule has 2 amide bonds. The number of para-hydroxylation sites is 1. The van der Waals surface area contributed by atoms with Gasteiger partial charge in [0, 0.05) is 24.7 Å². The predicted octanol–water partition coefficient (Wildman–Crippen LogP) is 0.984. The third kappa shape index (κ3) is 5.47. The second-order valence-electron chi connectivity index (χ2n) is 6.11. The zero-order chi connectivity index (χ0) is 19.8. The quantitative estimate of drug-likeness (QED) is 0.561. The Morgan fingerprint density at radius 3 is 2.70 bits per heavy atom. The highest BCUT2D eigenvalue weighted by Gasteiger charge is 2.27. The number of carbonyl (C=O) groups is 3. The molecule has 2 rings (SSSR count). The van der Waals surface area contributed by atoms with E-state index >= 15 is 0 Å². The summed E-state index contributed by atoms with van der Waals surface area (Å²) in [6.07, 6.45) is 4.11. The van der Waals surface area contributed by atoms with Gasteiger partial charge in [-0.15, -0.1) is 0 Å². The van der Waals surface area contributed by atoms with Gasteiger partial charge in [0.05, 0.1) is 20.1 Å². The van der Waals surface area contributed by atoms with Crippen LogP contribution in [0.1, 0.15) is 18.4 Å². The first-order valence-electron chi connectivity index (χ1n) is 8.59. The molecule has 8 nitrogen and oxygen atoms in total. The third-order valence-corrected chi connectivity index (χ3v) is 4.35. The zero-order valence-corrected chi connectivity index (χ0v) is 15.5. The SMILES string of the molecule is COc1cccc(/C=C/C(=O)OCC(=O)N2CCC[C@H](C(N)=O)C2)c1OC. The Morgan fingerprint density at radius 2 is 2.04 bits per heavy atom. The maximum atomic E-state index is 12.2. The Labute approximate surface area is 157 Å². The standard InChI is InChI=1S/C19H24N2O6/c1-25-15-7-3-5-13(18(15)26-2)8-9-17(23)27-12-16(22)21-10-4-6-14(11-21)19(20)24/h3,5,7-9,14H,4,6,10-12H2,1-2H3,(H2,20,24)/b9-8+/t14-/m0/s1. The van der Waals surface area contributed by atoms with Crippen molar-refractivity contribution in [1.29, 1.82) is 0 Å². The van der Waals surface area contributed by atoms with Crippen molar-refractivity contribution in [2.75, 3.05) is 33.9 Å². The number of amides is 2. The van der Waals surface area contributed by atoms with Crippen LogP contribution in [-0.2, 0) is 19.1 Å². The lowest BCUT2D eigenvalue weighted by atomic mass is 9.97. The maximum Gasteiger partial charge on any atom is 0.331 e. The molecular formula is C19H24N2O6. The van der Waals surface area contributed by atoms with Crippen molar-refractivity contribution in [2.24, 2.45) is 11.7 Å². The first-order chi connectivity index (χ1) is 13.0. The average Bonchev–Trinajstić information content (AvgIpc) is 2.69. The average molecular weight is 376 g/mol. The smallest absolute Gasteiger partial charge is 0.331 e. The molecule has 1 aromatic carbocycles. The molecule has 1 aliphatic heterocycles. The maximum absolute atomic E-state index is 12.2. The van der Waals surface area contributed by atoms with E-state index in [-0.39, 0.29) is 25.0 Å². The molecule has 0 saturated carbocycles. The molecule has 1 heterocycles. The highest BCUT2D eigenvalue weighted by Crippen LogP contribution is 2.31. The topological polar surface area (TPSA) is 108 Å². The van der Waals surface area contributed by atoms with Crippen molar-refractivity contribution in [3.8, 4) is 11.5 Å². The summed E-state index contributed by atoms with van der Waals surface area (Å²) in [5.41, 5.74) is 5.94. The number of hydrogen-bond donors (Lipinski definition) is 1. The van der Waals surface area contributed by atoms with Gasteiger partial charge in [0.25, 0.3) is 5.91 Å². The number of nitrogens with two attached hydrogens (primary N) is 1. The normalized spacial score (nSPS) is 16.8. The van der Waals surface area contributed by atoms with E-state index in [9.17, 15) is 14.4 Å². The van der Waals surface area contributed by atoms with Crippen molar-refractivity contribution in [3.63, 3.8) is 0 Å². The van der Waals surface area contributed by atoms with Crippen molar-refractivity contribution < 1.29 is 28.6 Å². The third-order valence-electron chi connectivity index (χ3n) is 4.35. The minimum absolute atomic E-state index is 0.266. The molecule has 0 aliphatic carbocycles. The van der Waals surface area contributed by atoms with Gasteiger partial charge >= 0.3 is 5.97 Å². The lowest BCUT2D eigenvalue weighted by Crippen LogP contribution is -2.45. The van der Waals surface area contributed by atoms with E-state index in [2.05, 4.69) is 0 Å². The fraction of sp³-hybridized carbons (Fsp3) is 0.421. The van der Waals surface area contributed by atoms with Crippen LogP contribution < -0.4 is 15.2 Å². The summed E-state index contributed by atoms with van der Waals surface area (Å²) in [6.45, 7) is 0.406. The molecule has 0 bridgehead atoms. The Hall–Kier alpha value is -3.03. The number of primary amides is 1. The van der Waals surface area contributed by atoms with Crippen molar-refractivity contribution in [2.45, 2.75) is 12.8 Å². The number of rotatable bonds is 7. The molecule has 1 aromatic rings. The summed E-state index contributed by atoms with van der Waals surface area (Å²) in [4.78, 5) is 36.8. The highest BCUT2D eigenvalue weighted by atomic mass is 16.5. The summed E-state index contributed by atoms with van der Waals surface area (Å²) in [5, 5.41) is 0. The van der Waals surface area contributed by atoms with Crippen LogP contribution >= 0.6 is 0 Å². The number of hydrogen-bond acceptors (Lipinski definition) is 6. The van der Waals surface area contributed by atoms with E-state index in [4.69, 9.17) is 19.9 Å². The van der Waals surface area contributed by atoms with Gasteiger partial charge in [0.2, 0.25) is 5.91 Å². The molecule has 0 aromatic heterocycles. The summed E-state index contributed by atoms with van der Waals surface area (Å²) in [5.74, 6) is -0.736. The molecule has 1 saturated heterocycles. The second-order valence-corrected chi connectivity index (χ2v) is 6.11. The van der Waals surface area contributed by atoms with Gasteiger partial charge in [-0.25, -0.2) is 4.79 Å². The van der Waals surface area contributed by atoms with Crippen LogP contribution in [-0.4, -0.2) is 56.6 Å². The number of likely N-dealkylation sites (tertiary alicyclic amines) is 1. The molecule has 8 heteroatoms. The molecule has 0 radical (unpaired) electrons. The molecule has 27 heavy (non-hydrogen) atoms. The van der Waals surface area contributed by atoms with E-state index in [0.29, 0.717) is 36.4 Å². The second kappa shape index (κ2) is 9.61. The summed E-state index contributed by atoms with van der Waals surface area (Å²) in [6, 6.07) is 5.26. The number of carbonyl (C=O) groups excluding carboxylic acids is 3. The first-order valence-corrected chi connectivity index (χ1v) is 8.59. The molecule has 146 valence electrons. The lowest BCUT2D eigenvalue weighted by Gasteiger charge is -2.30. The van der Waals surface area contributed by atoms with Crippen LogP contribution in [0.2, 0.25) is 0 Å². The minimum atomic E-state index is -0.656. The zero-order valence-electron chi connectivity index (χ0n) is 15.5. The van der Waals surface area contributed by atoms with E-state index in [0.717, 1.165) is 0 Å². The van der Waals surface area contributed by atoms with E-state index in [1.165, 1.54) is 31.3 Å². The van der Waals surface area contributed by atoms with Crippen molar-refractivity contribution in [1.82, 2.24) is 4.90 Å². The van der Waals surface area contributed by atoms with Crippen LogP contribution in [0.4, 0.5) is 0 Å². The fourth-order valence-electron chi connectivity index (χ4n) is 2.91. The van der Waals surface area contributed by atoms with Gasteiger partial charge < -0.3 is 24.8 Å². The van der Waals surface area contributed by atoms with Gasteiger partial charge in [-0.05, 0) is 25.0 Å². The van der Waals surface area contributed by atoms with Gasteiger partial charge in [-0.3, -0.25) is 9.59 Å². The van der Waals surface area contributed by atoms with E-state index < -0.39 is 11.9 Å². The molecule has 2 N–H and O–H groups in total. The van der Waals surface area contributed by atoms with Crippen LogP contribution in [0.15, 0.2) is 24.3 Å². The molecule has 0 unspecified atom stereocenters. The van der Waals surface area contributed by atoms with Crippen molar-refractivity contribution >= 4 is 23.9 Å². The number of piperidine rings is 1. The largest absolute Gasteiger partial charge is 0.493 e. The van der Waals surface area contributed by atoms with Gasteiger partial charge in [0.15, 0.2) is 18.1 Å². The van der Waals surface area contributed by atoms with Crippen LogP contribution in [0.3, 0.4) is 0 Å². The Balaban J connectivity index is 1.90. The molecule has 1 aliphatic rings. The first kappa shape index (κ1) is 20.3. The van der Waals surface area contributed by atoms with Crippen LogP contribution in [0.25, 0.3) is 6.08 Å². The number of nitrogens with zero attached hydrogens (tertiary/aromatic N) is 1. The predicted molar refractivity (Wildman–Crippen MR) is 98.0 cm³/mol. The number of ether oxygens (including phenoxy) is 3. The Kier molecular flexibility index (Phi) is 7.22. The van der Waals surface area contributed by atoms with Gasteiger partial charge in [-0.1, -0.05) is 12.1 Å². The number of benzene rings is 1. The number of esters is 1. The van der Waals surface area contributed by atoms with Gasteiger partial charge in [0.1, 0.15) is 0 Å². The van der Waals surface area contributed by atoms with E-state index in [1.54, 1.807) is 18.2 Å². The molecule has 1 fully saturated rings. The van der Waals surface area contributed by atoms with E-state index in [1.807, 2.05) is 0 Å². The highest BCUT2D eigenvalue weighted by molar-refractivity contribution is 5.90. The molecule has 1 atom stereocenters. The van der Waals surface area contributed by atoms with Crippen LogP contribution in [0, 0.1) is 5.92 Å². The molecule has 0 spiro atoms. The lowest BCUT2D eigenvalue weighted by molar-refractivity contribution is -0.149. The summed E-state index contributed by atoms with van der Waals surface area (Å²) < 4.78 is 15.5. The minimum Gasteiger partial charge on any atom is -0.493 e. The monoisotopic (exact) mass is 376 g/mol.